The minimum Gasteiger partial charge on any atom is -0.503 e. The Hall–Kier alpha value is -2.35. The summed E-state index contributed by atoms with van der Waals surface area (Å²) in [4.78, 5) is 33.6. The molecule has 126 valence electrons. The van der Waals surface area contributed by atoms with Crippen molar-refractivity contribution in [2.24, 2.45) is 0 Å². The van der Waals surface area contributed by atoms with Crippen LogP contribution in [-0.4, -0.2) is 40.4 Å². The number of aromatic hydroxyl groups is 1. The van der Waals surface area contributed by atoms with Crippen molar-refractivity contribution in [2.45, 2.75) is 45.6 Å². The third-order valence-electron chi connectivity index (χ3n) is 3.61. The third-order valence-corrected chi connectivity index (χ3v) is 3.61. The quantitative estimate of drug-likeness (QED) is 0.810. The highest BCUT2D eigenvalue weighted by Crippen LogP contribution is 2.32. The van der Waals surface area contributed by atoms with Crippen molar-refractivity contribution < 1.29 is 28.9 Å². The Morgan fingerprint density at radius 3 is 2.70 bits per heavy atom. The molecule has 1 aromatic heterocycles. The van der Waals surface area contributed by atoms with Gasteiger partial charge in [-0.15, -0.1) is 0 Å². The van der Waals surface area contributed by atoms with Gasteiger partial charge in [0.25, 0.3) is 0 Å². The predicted octanol–water partition coefficient (Wildman–Crippen LogP) is 0.645. The first-order valence-electron chi connectivity index (χ1n) is 7.16. The van der Waals surface area contributed by atoms with E-state index in [4.69, 9.17) is 14.2 Å². The molecule has 0 radical (unpaired) electrons. The number of ether oxygens (including phenoxy) is 3. The van der Waals surface area contributed by atoms with E-state index in [-0.39, 0.29) is 12.4 Å². The molecule has 1 aliphatic heterocycles. The van der Waals surface area contributed by atoms with Crippen LogP contribution in [0, 0.1) is 6.92 Å². The van der Waals surface area contributed by atoms with E-state index >= 15 is 0 Å². The first-order valence-corrected chi connectivity index (χ1v) is 7.16. The van der Waals surface area contributed by atoms with Crippen LogP contribution in [0.5, 0.6) is 5.75 Å². The summed E-state index contributed by atoms with van der Waals surface area (Å²) in [6.07, 6.45) is 0.0634. The Labute approximate surface area is 132 Å². The molecular weight excluding hydrogens is 306 g/mol. The minimum absolute atomic E-state index is 0.0466. The summed E-state index contributed by atoms with van der Waals surface area (Å²) in [6, 6.07) is 1.23. The van der Waals surface area contributed by atoms with Crippen LogP contribution >= 0.6 is 0 Å². The SMILES string of the molecule is CC(=O)OC[C@H]1O[C@@H](n2ccc(=O)c(O)c2C)C[C@@H]1OC(C)=O. The van der Waals surface area contributed by atoms with Crippen LogP contribution in [0.25, 0.3) is 0 Å². The molecule has 0 unspecified atom stereocenters. The molecule has 8 nitrogen and oxygen atoms in total. The van der Waals surface area contributed by atoms with Crippen LogP contribution in [0.4, 0.5) is 0 Å². The maximum Gasteiger partial charge on any atom is 0.303 e. The number of hydrogen-bond acceptors (Lipinski definition) is 7. The highest BCUT2D eigenvalue weighted by atomic mass is 16.6. The average Bonchev–Trinajstić information content (AvgIpc) is 2.84. The molecule has 0 saturated carbocycles. The second-order valence-electron chi connectivity index (χ2n) is 5.34. The van der Waals surface area contributed by atoms with Gasteiger partial charge in [0.15, 0.2) is 5.75 Å². The zero-order chi connectivity index (χ0) is 17.1. The van der Waals surface area contributed by atoms with E-state index < -0.39 is 35.8 Å². The largest absolute Gasteiger partial charge is 0.503 e. The molecule has 0 aromatic carbocycles. The molecule has 23 heavy (non-hydrogen) atoms. The summed E-state index contributed by atoms with van der Waals surface area (Å²) in [5.41, 5.74) is -0.137. The van der Waals surface area contributed by atoms with E-state index in [0.717, 1.165) is 0 Å². The number of carbonyl (C=O) groups is 2. The van der Waals surface area contributed by atoms with Gasteiger partial charge in [-0.3, -0.25) is 14.4 Å². The summed E-state index contributed by atoms with van der Waals surface area (Å²) in [6.45, 7) is 4.10. The number of aromatic nitrogens is 1. The van der Waals surface area contributed by atoms with Gasteiger partial charge in [0.2, 0.25) is 5.43 Å². The van der Waals surface area contributed by atoms with Crippen molar-refractivity contribution in [3.05, 3.63) is 28.2 Å². The van der Waals surface area contributed by atoms with Crippen LogP contribution in [0.15, 0.2) is 17.1 Å². The van der Waals surface area contributed by atoms with Crippen molar-refractivity contribution >= 4 is 11.9 Å². The molecule has 0 spiro atoms. The number of nitrogens with zero attached hydrogens (tertiary/aromatic N) is 1. The van der Waals surface area contributed by atoms with Gasteiger partial charge in [-0.05, 0) is 6.92 Å². The van der Waals surface area contributed by atoms with Gasteiger partial charge in [-0.25, -0.2) is 0 Å². The molecule has 2 rings (SSSR count). The Balaban J connectivity index is 2.21. The van der Waals surface area contributed by atoms with E-state index in [1.807, 2.05) is 0 Å². The Kier molecular flexibility index (Phi) is 5.05. The zero-order valence-electron chi connectivity index (χ0n) is 13.1. The summed E-state index contributed by atoms with van der Waals surface area (Å²) >= 11 is 0. The number of rotatable bonds is 4. The molecule has 3 atom stereocenters. The van der Waals surface area contributed by atoms with Crippen molar-refractivity contribution in [2.75, 3.05) is 6.61 Å². The average molecular weight is 325 g/mol. The lowest BCUT2D eigenvalue weighted by Gasteiger charge is -2.19. The molecule has 1 aliphatic rings. The normalized spacial score (nSPS) is 23.5. The van der Waals surface area contributed by atoms with Crippen LogP contribution < -0.4 is 5.43 Å². The lowest BCUT2D eigenvalue weighted by atomic mass is 10.2. The molecule has 1 saturated heterocycles. The van der Waals surface area contributed by atoms with Crippen LogP contribution in [0.2, 0.25) is 0 Å². The highest BCUT2D eigenvalue weighted by molar-refractivity contribution is 5.66. The van der Waals surface area contributed by atoms with Gasteiger partial charge < -0.3 is 23.9 Å². The van der Waals surface area contributed by atoms with Crippen LogP contribution in [0.3, 0.4) is 0 Å². The van der Waals surface area contributed by atoms with Crippen LogP contribution in [0.1, 0.15) is 32.2 Å². The standard InChI is InChI=1S/C15H19NO7/c1-8-15(20)11(19)4-5-16(8)14-6-12(22-10(3)18)13(23-14)7-21-9(2)17/h4-5,12-14,20H,6-7H2,1-3H3/t12-,13+,14+/m0/s1. The fourth-order valence-corrected chi connectivity index (χ4v) is 2.51. The Morgan fingerprint density at radius 1 is 1.39 bits per heavy atom. The van der Waals surface area contributed by atoms with Crippen LogP contribution in [-0.2, 0) is 23.8 Å². The van der Waals surface area contributed by atoms with Crippen molar-refractivity contribution in [1.82, 2.24) is 4.57 Å². The third kappa shape index (κ3) is 3.89. The summed E-state index contributed by atoms with van der Waals surface area (Å²) in [5, 5.41) is 9.76. The number of hydrogen-bond donors (Lipinski definition) is 1. The smallest absolute Gasteiger partial charge is 0.303 e. The molecule has 8 heteroatoms. The fraction of sp³-hybridized carbons (Fsp3) is 0.533. The maximum atomic E-state index is 11.4. The monoisotopic (exact) mass is 325 g/mol. The number of carbonyl (C=O) groups excluding carboxylic acids is 2. The van der Waals surface area contributed by atoms with Gasteiger partial charge in [-0.1, -0.05) is 0 Å². The highest BCUT2D eigenvalue weighted by Gasteiger charge is 2.39. The van der Waals surface area contributed by atoms with E-state index in [1.165, 1.54) is 26.1 Å². The second-order valence-corrected chi connectivity index (χ2v) is 5.34. The van der Waals surface area contributed by atoms with E-state index in [2.05, 4.69) is 0 Å². The first kappa shape index (κ1) is 17.0. The molecule has 0 aliphatic carbocycles. The molecule has 1 aromatic rings. The Morgan fingerprint density at radius 2 is 2.09 bits per heavy atom. The second kappa shape index (κ2) is 6.82. The van der Waals surface area contributed by atoms with E-state index in [0.29, 0.717) is 12.1 Å². The molecule has 1 N–H and O–H groups in total. The van der Waals surface area contributed by atoms with E-state index in [9.17, 15) is 19.5 Å². The minimum atomic E-state index is -0.617. The lowest BCUT2D eigenvalue weighted by molar-refractivity contribution is -0.155. The molecule has 2 heterocycles. The lowest BCUT2D eigenvalue weighted by Crippen LogP contribution is -2.31. The van der Waals surface area contributed by atoms with Gasteiger partial charge in [0.05, 0.1) is 5.69 Å². The van der Waals surface area contributed by atoms with E-state index in [1.54, 1.807) is 11.5 Å². The number of pyridine rings is 1. The fourth-order valence-electron chi connectivity index (χ4n) is 2.51. The Bertz CT molecular complexity index is 666. The maximum absolute atomic E-state index is 11.4. The van der Waals surface area contributed by atoms with Crippen molar-refractivity contribution in [1.29, 1.82) is 0 Å². The van der Waals surface area contributed by atoms with Gasteiger partial charge in [0.1, 0.15) is 25.0 Å². The predicted molar refractivity (Wildman–Crippen MR) is 77.8 cm³/mol. The topological polar surface area (TPSA) is 104 Å². The van der Waals surface area contributed by atoms with Crippen molar-refractivity contribution in [3.8, 4) is 5.75 Å². The molecule has 0 amide bonds. The van der Waals surface area contributed by atoms with Gasteiger partial charge >= 0.3 is 11.9 Å². The zero-order valence-corrected chi connectivity index (χ0v) is 13.1. The number of esters is 2. The molecule has 0 bridgehead atoms. The molecular formula is C15H19NO7. The summed E-state index contributed by atoms with van der Waals surface area (Å²) in [7, 11) is 0. The first-order chi connectivity index (χ1) is 10.8. The summed E-state index contributed by atoms with van der Waals surface area (Å²) in [5.74, 6) is -1.29. The van der Waals surface area contributed by atoms with Gasteiger partial charge in [0, 0.05) is 32.5 Å². The summed E-state index contributed by atoms with van der Waals surface area (Å²) < 4.78 is 17.5. The van der Waals surface area contributed by atoms with Gasteiger partial charge in [-0.2, -0.15) is 0 Å². The van der Waals surface area contributed by atoms with Crippen molar-refractivity contribution in [3.63, 3.8) is 0 Å². The molecule has 1 fully saturated rings.